The molecule has 3 heterocycles. The molecule has 8 nitrogen and oxygen atoms in total. The number of pyridine rings is 1. The molecular formula is C25H37FN4O4. The third-order valence-corrected chi connectivity index (χ3v) is 6.92. The van der Waals surface area contributed by atoms with Crippen LogP contribution < -0.4 is 4.74 Å². The molecule has 4 rings (SSSR count). The molecule has 1 aromatic heterocycles. The van der Waals surface area contributed by atoms with Crippen molar-refractivity contribution >= 4 is 12.0 Å². The van der Waals surface area contributed by atoms with E-state index < -0.39 is 29.8 Å². The molecule has 2 aliphatic heterocycles. The second-order valence-electron chi connectivity index (χ2n) is 10.7. The molecule has 1 aliphatic carbocycles. The standard InChI is InChI=1S/C25H37FN4O4/c1-17-15-27-22(26)14-21(17)33-19-13-20(30(16-19)24(32)34-25(2,3)4)23(31)29-10-6-9-28(11-12-29)18-7-5-8-18/h14-15,18-20H,5-13,16H2,1-4H3/t19-,20+/m0/s1. The zero-order valence-electron chi connectivity index (χ0n) is 20.8. The molecule has 2 amide bonds. The van der Waals surface area contributed by atoms with Crippen molar-refractivity contribution in [2.45, 2.75) is 83.6 Å². The Kier molecular flexibility index (Phi) is 7.31. The average molecular weight is 477 g/mol. The third-order valence-electron chi connectivity index (χ3n) is 6.92. The van der Waals surface area contributed by atoms with Gasteiger partial charge in [0.05, 0.1) is 6.54 Å². The van der Waals surface area contributed by atoms with Gasteiger partial charge >= 0.3 is 6.09 Å². The topological polar surface area (TPSA) is 75.2 Å². The molecule has 3 fully saturated rings. The predicted molar refractivity (Wildman–Crippen MR) is 125 cm³/mol. The molecule has 0 aromatic carbocycles. The van der Waals surface area contributed by atoms with E-state index in [9.17, 15) is 14.0 Å². The number of carbonyl (C=O) groups is 2. The van der Waals surface area contributed by atoms with Crippen molar-refractivity contribution in [3.63, 3.8) is 0 Å². The van der Waals surface area contributed by atoms with Crippen LogP contribution in [0.2, 0.25) is 0 Å². The molecule has 1 aromatic rings. The van der Waals surface area contributed by atoms with Gasteiger partial charge in [0.15, 0.2) is 0 Å². The summed E-state index contributed by atoms with van der Waals surface area (Å²) in [4.78, 5) is 36.2. The first kappa shape index (κ1) is 24.7. The summed E-state index contributed by atoms with van der Waals surface area (Å²) in [6.45, 7) is 10.6. The lowest BCUT2D eigenvalue weighted by atomic mass is 9.91. The molecule has 0 radical (unpaired) electrons. The summed E-state index contributed by atoms with van der Waals surface area (Å²) in [7, 11) is 0. The minimum absolute atomic E-state index is 0.0648. The number of aryl methyl sites for hydroxylation is 1. The Hall–Kier alpha value is -2.42. The molecule has 34 heavy (non-hydrogen) atoms. The molecule has 0 unspecified atom stereocenters. The monoisotopic (exact) mass is 476 g/mol. The van der Waals surface area contributed by atoms with Gasteiger partial charge in [0.25, 0.3) is 0 Å². The number of hydrogen-bond acceptors (Lipinski definition) is 6. The van der Waals surface area contributed by atoms with Gasteiger partial charge in [0, 0.05) is 56.5 Å². The van der Waals surface area contributed by atoms with E-state index in [4.69, 9.17) is 9.47 Å². The molecule has 3 aliphatic rings. The Balaban J connectivity index is 1.48. The fourth-order valence-corrected chi connectivity index (χ4v) is 4.91. The van der Waals surface area contributed by atoms with Crippen molar-refractivity contribution in [1.29, 1.82) is 0 Å². The number of halogens is 1. The first-order chi connectivity index (χ1) is 16.1. The summed E-state index contributed by atoms with van der Waals surface area (Å²) >= 11 is 0. The lowest BCUT2D eigenvalue weighted by Gasteiger charge is -2.37. The number of likely N-dealkylation sites (tertiary alicyclic amines) is 1. The van der Waals surface area contributed by atoms with Crippen molar-refractivity contribution in [1.82, 2.24) is 19.7 Å². The van der Waals surface area contributed by atoms with Gasteiger partial charge in [-0.25, -0.2) is 9.78 Å². The first-order valence-electron chi connectivity index (χ1n) is 12.4. The van der Waals surface area contributed by atoms with Gasteiger partial charge in [-0.1, -0.05) is 6.42 Å². The smallest absolute Gasteiger partial charge is 0.411 e. The summed E-state index contributed by atoms with van der Waals surface area (Å²) in [5.41, 5.74) is 0.0175. The predicted octanol–water partition coefficient (Wildman–Crippen LogP) is 3.37. The van der Waals surface area contributed by atoms with Crippen LogP contribution in [0.1, 0.15) is 58.4 Å². The Morgan fingerprint density at radius 2 is 1.88 bits per heavy atom. The van der Waals surface area contributed by atoms with Crippen molar-refractivity contribution in [3.8, 4) is 5.75 Å². The SMILES string of the molecule is Cc1cnc(F)cc1O[C@H]1C[C@H](C(=O)N2CCCN(C3CCC3)CC2)N(C(=O)OC(C)(C)C)C1. The third kappa shape index (κ3) is 5.79. The Bertz CT molecular complexity index is 901. The summed E-state index contributed by atoms with van der Waals surface area (Å²) in [6.07, 6.45) is 5.49. The van der Waals surface area contributed by atoms with Gasteiger partial charge in [-0.05, 0) is 47.0 Å². The molecule has 9 heteroatoms. The second-order valence-corrected chi connectivity index (χ2v) is 10.7. The number of hydrogen-bond donors (Lipinski definition) is 0. The zero-order valence-corrected chi connectivity index (χ0v) is 20.8. The van der Waals surface area contributed by atoms with Crippen LogP contribution in [0.15, 0.2) is 12.3 Å². The van der Waals surface area contributed by atoms with E-state index in [0.29, 0.717) is 36.9 Å². The molecule has 0 spiro atoms. The number of rotatable bonds is 4. The Morgan fingerprint density at radius 1 is 1.12 bits per heavy atom. The molecular weight excluding hydrogens is 439 g/mol. The fraction of sp³-hybridized carbons (Fsp3) is 0.720. The maximum atomic E-state index is 13.7. The van der Waals surface area contributed by atoms with Gasteiger partial charge in [0.1, 0.15) is 23.5 Å². The minimum Gasteiger partial charge on any atom is -0.488 e. The van der Waals surface area contributed by atoms with E-state index in [1.54, 1.807) is 27.7 Å². The van der Waals surface area contributed by atoms with Crippen molar-refractivity contribution in [2.24, 2.45) is 0 Å². The fourth-order valence-electron chi connectivity index (χ4n) is 4.91. The van der Waals surface area contributed by atoms with Crippen molar-refractivity contribution in [2.75, 3.05) is 32.7 Å². The van der Waals surface area contributed by atoms with E-state index >= 15 is 0 Å². The summed E-state index contributed by atoms with van der Waals surface area (Å²) < 4.78 is 25.3. The highest BCUT2D eigenvalue weighted by atomic mass is 19.1. The van der Waals surface area contributed by atoms with E-state index in [-0.39, 0.29) is 12.5 Å². The summed E-state index contributed by atoms with van der Waals surface area (Å²) in [6, 6.07) is 1.23. The number of ether oxygens (including phenoxy) is 2. The van der Waals surface area contributed by atoms with Gasteiger partial charge in [-0.3, -0.25) is 14.6 Å². The Labute approximate surface area is 201 Å². The van der Waals surface area contributed by atoms with Crippen LogP contribution in [-0.4, -0.2) is 88.2 Å². The van der Waals surface area contributed by atoms with Crippen LogP contribution in [0.25, 0.3) is 0 Å². The normalized spacial score (nSPS) is 24.5. The molecule has 2 saturated heterocycles. The second kappa shape index (κ2) is 10.1. The highest BCUT2D eigenvalue weighted by Crippen LogP contribution is 2.29. The van der Waals surface area contributed by atoms with Gasteiger partial charge in [0.2, 0.25) is 11.9 Å². The molecule has 0 N–H and O–H groups in total. The van der Waals surface area contributed by atoms with Gasteiger partial charge < -0.3 is 14.4 Å². The van der Waals surface area contributed by atoms with Crippen molar-refractivity contribution in [3.05, 3.63) is 23.8 Å². The van der Waals surface area contributed by atoms with Crippen molar-refractivity contribution < 1.29 is 23.5 Å². The minimum atomic E-state index is -0.680. The maximum absolute atomic E-state index is 13.7. The highest BCUT2D eigenvalue weighted by molar-refractivity contribution is 5.86. The largest absolute Gasteiger partial charge is 0.488 e. The number of nitrogens with zero attached hydrogens (tertiary/aromatic N) is 4. The van der Waals surface area contributed by atoms with Crippen LogP contribution in [0.5, 0.6) is 5.75 Å². The highest BCUT2D eigenvalue weighted by Gasteiger charge is 2.44. The van der Waals surface area contributed by atoms with Gasteiger partial charge in [-0.2, -0.15) is 4.39 Å². The van der Waals surface area contributed by atoms with E-state index in [2.05, 4.69) is 9.88 Å². The molecule has 188 valence electrons. The van der Waals surface area contributed by atoms with Gasteiger partial charge in [-0.15, -0.1) is 0 Å². The average Bonchev–Trinajstić information content (AvgIpc) is 2.99. The Morgan fingerprint density at radius 3 is 2.56 bits per heavy atom. The molecule has 2 atom stereocenters. The van der Waals surface area contributed by atoms with Crippen LogP contribution in [-0.2, 0) is 9.53 Å². The van der Waals surface area contributed by atoms with Crippen LogP contribution in [0.4, 0.5) is 9.18 Å². The first-order valence-corrected chi connectivity index (χ1v) is 12.4. The van der Waals surface area contributed by atoms with Crippen LogP contribution >= 0.6 is 0 Å². The summed E-state index contributed by atoms with van der Waals surface area (Å²) in [5.74, 6) is -0.318. The van der Waals surface area contributed by atoms with Crippen LogP contribution in [0.3, 0.4) is 0 Å². The molecule has 1 saturated carbocycles. The molecule has 0 bridgehead atoms. The van der Waals surface area contributed by atoms with E-state index in [0.717, 1.165) is 19.5 Å². The maximum Gasteiger partial charge on any atom is 0.411 e. The van der Waals surface area contributed by atoms with E-state index in [1.807, 2.05) is 4.90 Å². The number of carbonyl (C=O) groups excluding carboxylic acids is 2. The lowest BCUT2D eigenvalue weighted by Crippen LogP contribution is -2.50. The zero-order chi connectivity index (χ0) is 24.5. The summed E-state index contributed by atoms with van der Waals surface area (Å²) in [5, 5.41) is 0. The van der Waals surface area contributed by atoms with E-state index in [1.165, 1.54) is 36.4 Å². The number of aromatic nitrogens is 1. The lowest BCUT2D eigenvalue weighted by molar-refractivity contribution is -0.135. The quantitative estimate of drug-likeness (QED) is 0.621. The number of amides is 2. The van der Waals surface area contributed by atoms with Crippen LogP contribution in [0, 0.1) is 12.9 Å².